The topological polar surface area (TPSA) is 35.2 Å². The summed E-state index contributed by atoms with van der Waals surface area (Å²) in [5.74, 6) is 1.63. The molecule has 0 bridgehead atoms. The second-order valence-electron chi connectivity index (χ2n) is 4.69. The normalized spacial score (nSPS) is 29.1. The van der Waals surface area contributed by atoms with Crippen LogP contribution < -0.4 is 5.73 Å². The minimum absolute atomic E-state index is 0.488. The predicted molar refractivity (Wildman–Crippen MR) is 53.4 cm³/mol. The fraction of sp³-hybridized carbons (Fsp3) is 1.00. The summed E-state index contributed by atoms with van der Waals surface area (Å²) in [6.45, 7) is 5.06. The molecule has 2 fully saturated rings. The van der Waals surface area contributed by atoms with Crippen LogP contribution in [0.25, 0.3) is 0 Å². The van der Waals surface area contributed by atoms with Gasteiger partial charge in [0, 0.05) is 5.41 Å². The molecule has 13 heavy (non-hydrogen) atoms. The van der Waals surface area contributed by atoms with E-state index in [0.29, 0.717) is 11.3 Å². The van der Waals surface area contributed by atoms with Gasteiger partial charge in [0.1, 0.15) is 0 Å². The van der Waals surface area contributed by atoms with Crippen LogP contribution in [0.3, 0.4) is 0 Å². The molecule has 2 aliphatic rings. The van der Waals surface area contributed by atoms with Gasteiger partial charge in [-0.3, -0.25) is 0 Å². The Morgan fingerprint density at radius 3 is 2.38 bits per heavy atom. The van der Waals surface area contributed by atoms with Gasteiger partial charge < -0.3 is 10.5 Å². The zero-order valence-corrected chi connectivity index (χ0v) is 8.59. The summed E-state index contributed by atoms with van der Waals surface area (Å²) in [4.78, 5) is 0. The number of nitrogens with two attached hydrogens (primary N) is 1. The molecule has 2 N–H and O–H groups in total. The van der Waals surface area contributed by atoms with E-state index < -0.39 is 0 Å². The maximum atomic E-state index is 5.84. The van der Waals surface area contributed by atoms with Gasteiger partial charge in [0.2, 0.25) is 0 Å². The number of hydrogen-bond acceptors (Lipinski definition) is 2. The van der Waals surface area contributed by atoms with Crippen LogP contribution in [0.2, 0.25) is 0 Å². The molecule has 2 heteroatoms. The maximum Gasteiger partial charge on any atom is 0.0550 e. The van der Waals surface area contributed by atoms with Gasteiger partial charge in [-0.05, 0) is 31.2 Å². The molecule has 76 valence electrons. The number of rotatable bonds is 4. The van der Waals surface area contributed by atoms with Gasteiger partial charge in [0.25, 0.3) is 0 Å². The molecule has 0 aromatic rings. The van der Waals surface area contributed by atoms with E-state index in [1.807, 2.05) is 0 Å². The highest BCUT2D eigenvalue weighted by Crippen LogP contribution is 2.51. The fourth-order valence-electron chi connectivity index (χ4n) is 2.93. The smallest absolute Gasteiger partial charge is 0.0550 e. The molecule has 0 radical (unpaired) electrons. The van der Waals surface area contributed by atoms with Crippen LogP contribution in [0.4, 0.5) is 0 Å². The van der Waals surface area contributed by atoms with Crippen LogP contribution in [0.1, 0.15) is 32.6 Å². The first-order valence-electron chi connectivity index (χ1n) is 5.61. The summed E-state index contributed by atoms with van der Waals surface area (Å²) in [6.07, 6.45) is 5.48. The van der Waals surface area contributed by atoms with E-state index in [9.17, 15) is 0 Å². The Labute approximate surface area is 80.8 Å². The monoisotopic (exact) mass is 183 g/mol. The van der Waals surface area contributed by atoms with Crippen molar-refractivity contribution in [3.8, 4) is 0 Å². The van der Waals surface area contributed by atoms with Gasteiger partial charge in [-0.15, -0.1) is 0 Å². The van der Waals surface area contributed by atoms with Crippen molar-refractivity contribution >= 4 is 0 Å². The summed E-state index contributed by atoms with van der Waals surface area (Å²) in [5.41, 5.74) is 6.33. The van der Waals surface area contributed by atoms with E-state index in [1.165, 1.54) is 25.7 Å². The van der Waals surface area contributed by atoms with E-state index in [1.54, 1.807) is 0 Å². The molecule has 0 aromatic heterocycles. The Balaban J connectivity index is 2.03. The van der Waals surface area contributed by atoms with E-state index in [0.717, 1.165) is 25.7 Å². The second-order valence-corrected chi connectivity index (χ2v) is 4.69. The van der Waals surface area contributed by atoms with Gasteiger partial charge >= 0.3 is 0 Å². The molecule has 1 heterocycles. The van der Waals surface area contributed by atoms with Crippen LogP contribution in [0, 0.1) is 17.3 Å². The van der Waals surface area contributed by atoms with E-state index in [2.05, 4.69) is 6.92 Å². The molecule has 2 nitrogen and oxygen atoms in total. The number of hydrogen-bond donors (Lipinski definition) is 1. The third-order valence-corrected chi connectivity index (χ3v) is 4.25. The van der Waals surface area contributed by atoms with Gasteiger partial charge in [-0.25, -0.2) is 0 Å². The van der Waals surface area contributed by atoms with Crippen LogP contribution in [-0.4, -0.2) is 19.8 Å². The lowest BCUT2D eigenvalue weighted by atomic mass is 9.57. The van der Waals surface area contributed by atoms with Crippen molar-refractivity contribution in [2.45, 2.75) is 32.6 Å². The largest absolute Gasteiger partial charge is 0.380 e. The highest BCUT2D eigenvalue weighted by Gasteiger charge is 2.51. The molecule has 0 aromatic carbocycles. The molecule has 1 aliphatic heterocycles. The van der Waals surface area contributed by atoms with Crippen LogP contribution in [0.5, 0.6) is 0 Å². The van der Waals surface area contributed by atoms with Crippen molar-refractivity contribution in [1.82, 2.24) is 0 Å². The molecule has 1 saturated carbocycles. The molecule has 0 amide bonds. The molecule has 1 aliphatic carbocycles. The summed E-state index contributed by atoms with van der Waals surface area (Å²) >= 11 is 0. The Morgan fingerprint density at radius 1 is 1.46 bits per heavy atom. The van der Waals surface area contributed by atoms with E-state index >= 15 is 0 Å². The summed E-state index contributed by atoms with van der Waals surface area (Å²) in [6, 6.07) is 0. The first kappa shape index (κ1) is 9.47. The van der Waals surface area contributed by atoms with Crippen molar-refractivity contribution < 1.29 is 4.74 Å². The average Bonchev–Trinajstić information content (AvgIpc) is 1.98. The van der Waals surface area contributed by atoms with Crippen molar-refractivity contribution in [2.24, 2.45) is 23.0 Å². The zero-order valence-electron chi connectivity index (χ0n) is 8.59. The van der Waals surface area contributed by atoms with Crippen molar-refractivity contribution in [2.75, 3.05) is 19.8 Å². The Hall–Kier alpha value is -0.0800. The maximum absolute atomic E-state index is 5.84. The van der Waals surface area contributed by atoms with Crippen LogP contribution in [-0.2, 0) is 4.74 Å². The fourth-order valence-corrected chi connectivity index (χ4v) is 2.93. The van der Waals surface area contributed by atoms with Crippen LogP contribution in [0.15, 0.2) is 0 Å². The lowest BCUT2D eigenvalue weighted by molar-refractivity contribution is -0.192. The van der Waals surface area contributed by atoms with Gasteiger partial charge in [0.15, 0.2) is 0 Å². The van der Waals surface area contributed by atoms with Gasteiger partial charge in [-0.2, -0.15) is 0 Å². The minimum Gasteiger partial charge on any atom is -0.380 e. The zero-order chi connectivity index (χ0) is 9.31. The Morgan fingerprint density at radius 2 is 2.15 bits per heavy atom. The first-order valence-corrected chi connectivity index (χ1v) is 5.61. The Bertz CT molecular complexity index is 169. The molecule has 1 unspecified atom stereocenters. The average molecular weight is 183 g/mol. The SMILES string of the molecule is CCC(CN)C1(C2CCC2)COC1. The third kappa shape index (κ3) is 1.31. The summed E-state index contributed by atoms with van der Waals surface area (Å²) in [7, 11) is 0. The molecular weight excluding hydrogens is 162 g/mol. The first-order chi connectivity index (χ1) is 6.33. The molecular formula is C11H21NO. The van der Waals surface area contributed by atoms with E-state index in [-0.39, 0.29) is 0 Å². The number of ether oxygens (including phenoxy) is 1. The lowest BCUT2D eigenvalue weighted by Crippen LogP contribution is -2.56. The molecule has 1 saturated heterocycles. The van der Waals surface area contributed by atoms with Crippen molar-refractivity contribution in [1.29, 1.82) is 0 Å². The summed E-state index contributed by atoms with van der Waals surface area (Å²) < 4.78 is 5.42. The van der Waals surface area contributed by atoms with Crippen LogP contribution >= 0.6 is 0 Å². The van der Waals surface area contributed by atoms with Crippen molar-refractivity contribution in [3.63, 3.8) is 0 Å². The molecule has 0 spiro atoms. The lowest BCUT2D eigenvalue weighted by Gasteiger charge is -2.55. The van der Waals surface area contributed by atoms with Gasteiger partial charge in [0.05, 0.1) is 13.2 Å². The molecule has 1 atom stereocenters. The standard InChI is InChI=1S/C11H21NO/c1-2-9(6-12)11(7-13-8-11)10-4-3-5-10/h9-10H,2-8,12H2,1H3. The predicted octanol–water partition coefficient (Wildman–Crippen LogP) is 1.79. The van der Waals surface area contributed by atoms with Crippen molar-refractivity contribution in [3.05, 3.63) is 0 Å². The third-order valence-electron chi connectivity index (χ3n) is 4.25. The summed E-state index contributed by atoms with van der Waals surface area (Å²) in [5, 5.41) is 0. The highest BCUT2D eigenvalue weighted by atomic mass is 16.5. The highest BCUT2D eigenvalue weighted by molar-refractivity contribution is 4.99. The van der Waals surface area contributed by atoms with Gasteiger partial charge in [-0.1, -0.05) is 19.8 Å². The quantitative estimate of drug-likeness (QED) is 0.721. The van der Waals surface area contributed by atoms with E-state index in [4.69, 9.17) is 10.5 Å². The minimum atomic E-state index is 0.488. The second kappa shape index (κ2) is 3.58. The Kier molecular flexibility index (Phi) is 2.61. The molecule has 2 rings (SSSR count).